The lowest BCUT2D eigenvalue weighted by Crippen LogP contribution is -2.16. The minimum absolute atomic E-state index is 0.380. The molecule has 3 aromatic carbocycles. The third-order valence-electron chi connectivity index (χ3n) is 5.17. The quantitative estimate of drug-likeness (QED) is 0.386. The molecule has 0 aliphatic rings. The Morgan fingerprint density at radius 3 is 2.16 bits per heavy atom. The molecule has 0 unspecified atom stereocenters. The molecule has 0 fully saturated rings. The summed E-state index contributed by atoms with van der Waals surface area (Å²) >= 11 is 0. The van der Waals surface area contributed by atoms with Crippen LogP contribution in [0.4, 0.5) is 10.5 Å². The summed E-state index contributed by atoms with van der Waals surface area (Å²) in [6.07, 6.45) is -0.934. The maximum atomic E-state index is 12.5. The van der Waals surface area contributed by atoms with Crippen molar-refractivity contribution in [2.45, 2.75) is 26.9 Å². The minimum atomic E-state index is -0.554. The van der Waals surface area contributed by atoms with Crippen molar-refractivity contribution in [1.82, 2.24) is 5.16 Å². The Kier molecular flexibility index (Phi) is 5.85. The van der Waals surface area contributed by atoms with Gasteiger partial charge in [0.05, 0.1) is 0 Å². The zero-order valence-corrected chi connectivity index (χ0v) is 17.8. The summed E-state index contributed by atoms with van der Waals surface area (Å²) in [5.41, 5.74) is 6.23. The maximum Gasteiger partial charge on any atom is 0.412 e. The van der Waals surface area contributed by atoms with Gasteiger partial charge in [-0.05, 0) is 37.5 Å². The van der Waals surface area contributed by atoms with Gasteiger partial charge in [-0.2, -0.15) is 0 Å². The Hall–Kier alpha value is -3.86. The molecular weight excluding hydrogens is 388 g/mol. The van der Waals surface area contributed by atoms with Gasteiger partial charge in [-0.1, -0.05) is 89.6 Å². The number of nitrogens with one attached hydrogen (secondary N) is 1. The number of aromatic nitrogens is 1. The predicted octanol–water partition coefficient (Wildman–Crippen LogP) is 6.94. The number of carbonyl (C=O) groups excluding carboxylic acids is 1. The monoisotopic (exact) mass is 412 g/mol. The molecule has 5 heteroatoms. The van der Waals surface area contributed by atoms with Crippen LogP contribution in [0.2, 0.25) is 0 Å². The number of ether oxygens (including phenoxy) is 1. The molecule has 0 aliphatic heterocycles. The molecule has 0 saturated carbocycles. The fourth-order valence-corrected chi connectivity index (χ4v) is 3.36. The lowest BCUT2D eigenvalue weighted by atomic mass is 10.0. The molecule has 31 heavy (non-hydrogen) atoms. The number of anilines is 1. The van der Waals surface area contributed by atoms with Crippen molar-refractivity contribution in [1.29, 1.82) is 0 Å². The van der Waals surface area contributed by atoms with Gasteiger partial charge in [0, 0.05) is 5.56 Å². The normalized spacial score (nSPS) is 11.7. The van der Waals surface area contributed by atoms with Gasteiger partial charge in [-0.25, -0.2) is 4.79 Å². The Bertz CT molecular complexity index is 1160. The van der Waals surface area contributed by atoms with Gasteiger partial charge in [0.1, 0.15) is 17.5 Å². The number of rotatable bonds is 5. The Balaban J connectivity index is 1.50. The van der Waals surface area contributed by atoms with Crippen LogP contribution in [0.1, 0.15) is 29.8 Å². The smallest absolute Gasteiger partial charge is 0.412 e. The van der Waals surface area contributed by atoms with Crippen molar-refractivity contribution >= 4 is 11.8 Å². The highest BCUT2D eigenvalue weighted by atomic mass is 16.6. The van der Waals surface area contributed by atoms with Crippen LogP contribution in [0.15, 0.2) is 83.4 Å². The molecular formula is C26H24N2O3. The number of aryl methyl sites for hydroxylation is 2. The number of carbonyl (C=O) groups is 1. The van der Waals surface area contributed by atoms with Crippen LogP contribution in [0.3, 0.4) is 0 Å². The molecule has 156 valence electrons. The highest BCUT2D eigenvalue weighted by molar-refractivity contribution is 5.91. The number of hydrogen-bond acceptors (Lipinski definition) is 4. The first kappa shape index (κ1) is 20.4. The Labute approximate surface area is 181 Å². The maximum absolute atomic E-state index is 12.5. The molecule has 1 N–H and O–H groups in total. The first-order valence-electron chi connectivity index (χ1n) is 10.2. The Morgan fingerprint density at radius 2 is 1.48 bits per heavy atom. The van der Waals surface area contributed by atoms with Gasteiger partial charge in [0.2, 0.25) is 0 Å². The van der Waals surface area contributed by atoms with Crippen LogP contribution >= 0.6 is 0 Å². The fraction of sp³-hybridized carbons (Fsp3) is 0.154. The van der Waals surface area contributed by atoms with Crippen LogP contribution in [0, 0.1) is 13.8 Å². The summed E-state index contributed by atoms with van der Waals surface area (Å²) in [4.78, 5) is 12.5. The third-order valence-corrected chi connectivity index (χ3v) is 5.17. The van der Waals surface area contributed by atoms with Gasteiger partial charge in [-0.3, -0.25) is 5.32 Å². The van der Waals surface area contributed by atoms with Crippen molar-refractivity contribution in [3.8, 4) is 22.5 Å². The average Bonchev–Trinajstić information content (AvgIpc) is 3.15. The van der Waals surface area contributed by atoms with E-state index in [1.807, 2.05) is 80.6 Å². The third kappa shape index (κ3) is 4.67. The van der Waals surface area contributed by atoms with E-state index >= 15 is 0 Å². The molecule has 1 amide bonds. The number of benzene rings is 3. The summed E-state index contributed by atoms with van der Waals surface area (Å²) in [6.45, 7) is 5.64. The average molecular weight is 412 g/mol. The van der Waals surface area contributed by atoms with Crippen LogP contribution in [0.5, 0.6) is 0 Å². The second-order valence-corrected chi connectivity index (χ2v) is 7.50. The van der Waals surface area contributed by atoms with Crippen molar-refractivity contribution in [3.63, 3.8) is 0 Å². The van der Waals surface area contributed by atoms with Crippen LogP contribution in [-0.4, -0.2) is 11.2 Å². The van der Waals surface area contributed by atoms with E-state index < -0.39 is 6.09 Å². The molecule has 1 atom stereocenters. The standard InChI is InChI=1S/C26H24N2O3/c1-17-9-11-20(12-10-17)19(3)30-26(29)27-24-18(2)28-31-25(24)23-15-13-22(14-16-23)21-7-5-4-6-8-21/h4-16,19H,1-3H3,(H,27,29)/t19-/m1/s1. The van der Waals surface area contributed by atoms with E-state index in [4.69, 9.17) is 9.26 Å². The first-order chi connectivity index (χ1) is 15.0. The molecule has 0 aliphatic carbocycles. The van der Waals surface area contributed by atoms with E-state index in [0.717, 1.165) is 27.8 Å². The lowest BCUT2D eigenvalue weighted by Gasteiger charge is -2.14. The zero-order valence-electron chi connectivity index (χ0n) is 17.8. The number of nitrogens with zero attached hydrogens (tertiary/aromatic N) is 1. The van der Waals surface area contributed by atoms with Crippen molar-refractivity contribution < 1.29 is 14.1 Å². The van der Waals surface area contributed by atoms with Gasteiger partial charge >= 0.3 is 6.09 Å². The predicted molar refractivity (Wildman–Crippen MR) is 122 cm³/mol. The minimum Gasteiger partial charge on any atom is -0.441 e. The van der Waals surface area contributed by atoms with E-state index in [0.29, 0.717) is 17.1 Å². The molecule has 0 saturated heterocycles. The molecule has 4 aromatic rings. The second-order valence-electron chi connectivity index (χ2n) is 7.50. The summed E-state index contributed by atoms with van der Waals surface area (Å²) in [6, 6.07) is 26.0. The topological polar surface area (TPSA) is 64.4 Å². The van der Waals surface area contributed by atoms with Crippen molar-refractivity contribution in [2.75, 3.05) is 5.32 Å². The van der Waals surface area contributed by atoms with Crippen LogP contribution in [-0.2, 0) is 4.74 Å². The highest BCUT2D eigenvalue weighted by Gasteiger charge is 2.20. The molecule has 1 heterocycles. The first-order valence-corrected chi connectivity index (χ1v) is 10.2. The summed E-state index contributed by atoms with van der Waals surface area (Å²) < 4.78 is 11.1. The molecule has 0 bridgehead atoms. The lowest BCUT2D eigenvalue weighted by molar-refractivity contribution is 0.121. The Morgan fingerprint density at radius 1 is 0.871 bits per heavy atom. The van der Waals surface area contributed by atoms with E-state index in [9.17, 15) is 4.79 Å². The zero-order chi connectivity index (χ0) is 21.8. The van der Waals surface area contributed by atoms with E-state index in [2.05, 4.69) is 22.6 Å². The van der Waals surface area contributed by atoms with Gasteiger partial charge in [0.15, 0.2) is 5.76 Å². The largest absolute Gasteiger partial charge is 0.441 e. The SMILES string of the molecule is Cc1ccc([C@@H](C)OC(=O)Nc2c(C)noc2-c2ccc(-c3ccccc3)cc2)cc1. The van der Waals surface area contributed by atoms with Gasteiger partial charge < -0.3 is 9.26 Å². The summed E-state index contributed by atoms with van der Waals surface area (Å²) in [5.74, 6) is 0.497. The van der Waals surface area contributed by atoms with Gasteiger partial charge in [0.25, 0.3) is 0 Å². The van der Waals surface area contributed by atoms with Crippen LogP contribution in [0.25, 0.3) is 22.5 Å². The summed E-state index contributed by atoms with van der Waals surface area (Å²) in [5, 5.41) is 6.83. The molecule has 0 radical (unpaired) electrons. The number of hydrogen-bond donors (Lipinski definition) is 1. The molecule has 1 aromatic heterocycles. The van der Waals surface area contributed by atoms with Gasteiger partial charge in [-0.15, -0.1) is 0 Å². The summed E-state index contributed by atoms with van der Waals surface area (Å²) in [7, 11) is 0. The molecule has 0 spiro atoms. The van der Waals surface area contributed by atoms with Crippen molar-refractivity contribution in [2.24, 2.45) is 0 Å². The van der Waals surface area contributed by atoms with E-state index in [-0.39, 0.29) is 6.10 Å². The highest BCUT2D eigenvalue weighted by Crippen LogP contribution is 2.33. The van der Waals surface area contributed by atoms with Crippen molar-refractivity contribution in [3.05, 3.63) is 95.7 Å². The van der Waals surface area contributed by atoms with E-state index in [1.165, 1.54) is 0 Å². The fourth-order valence-electron chi connectivity index (χ4n) is 3.36. The molecule has 5 nitrogen and oxygen atoms in total. The van der Waals surface area contributed by atoms with E-state index in [1.54, 1.807) is 6.92 Å². The number of amides is 1. The molecule has 4 rings (SSSR count). The second kappa shape index (κ2) is 8.88. The van der Waals surface area contributed by atoms with Crippen LogP contribution < -0.4 is 5.32 Å².